The van der Waals surface area contributed by atoms with Crippen molar-refractivity contribution in [1.29, 1.82) is 0 Å². The molecule has 0 saturated carbocycles. The third-order valence-electron chi connectivity index (χ3n) is 3.84. The summed E-state index contributed by atoms with van der Waals surface area (Å²) in [7, 11) is 0. The van der Waals surface area contributed by atoms with Gasteiger partial charge in [-0.25, -0.2) is 0 Å². The van der Waals surface area contributed by atoms with Gasteiger partial charge in [0.2, 0.25) is 0 Å². The molecule has 0 unspecified atom stereocenters. The lowest BCUT2D eigenvalue weighted by molar-refractivity contribution is 0.185. The lowest BCUT2D eigenvalue weighted by atomic mass is 9.83. The first-order valence-corrected chi connectivity index (χ1v) is 7.35. The fourth-order valence-corrected chi connectivity index (χ4v) is 2.76. The molecule has 0 amide bonds. The monoisotopic (exact) mass is 280 g/mol. The van der Waals surface area contributed by atoms with Gasteiger partial charge >= 0.3 is 0 Å². The smallest absolute Gasteiger partial charge is 0.124 e. The summed E-state index contributed by atoms with van der Waals surface area (Å²) in [6.07, 6.45) is 0. The van der Waals surface area contributed by atoms with Gasteiger partial charge in [0.05, 0.1) is 6.54 Å². The van der Waals surface area contributed by atoms with Crippen molar-refractivity contribution in [1.82, 2.24) is 5.32 Å². The van der Waals surface area contributed by atoms with Gasteiger partial charge in [-0.15, -0.1) is 0 Å². The number of amidine groups is 1. The Morgan fingerprint density at radius 3 is 2.10 bits per heavy atom. The maximum Gasteiger partial charge on any atom is 0.124 e. The fourth-order valence-electron chi connectivity index (χ4n) is 2.76. The van der Waals surface area contributed by atoms with E-state index in [2.05, 4.69) is 58.8 Å². The highest BCUT2D eigenvalue weighted by Crippen LogP contribution is 2.32. The molecular formula is C18H20N2O. The maximum atomic E-state index is 5.49. The molecule has 108 valence electrons. The van der Waals surface area contributed by atoms with Gasteiger partial charge in [0.25, 0.3) is 0 Å². The third kappa shape index (κ3) is 2.69. The van der Waals surface area contributed by atoms with Gasteiger partial charge in [-0.05, 0) is 18.1 Å². The van der Waals surface area contributed by atoms with Gasteiger partial charge < -0.3 is 10.1 Å². The van der Waals surface area contributed by atoms with E-state index in [0.717, 1.165) is 5.84 Å². The molecule has 21 heavy (non-hydrogen) atoms. The molecule has 0 aliphatic carbocycles. The molecule has 2 aromatic carbocycles. The van der Waals surface area contributed by atoms with Gasteiger partial charge in [0.15, 0.2) is 0 Å². The van der Waals surface area contributed by atoms with Crippen LogP contribution in [0.4, 0.5) is 0 Å². The Kier molecular flexibility index (Phi) is 4.02. The van der Waals surface area contributed by atoms with E-state index in [1.54, 1.807) is 0 Å². The molecule has 1 heterocycles. The van der Waals surface area contributed by atoms with Crippen molar-refractivity contribution < 1.29 is 4.74 Å². The number of nitrogens with zero attached hydrogens (tertiary/aromatic N) is 1. The molecular weight excluding hydrogens is 260 g/mol. The van der Waals surface area contributed by atoms with Gasteiger partial charge in [-0.3, -0.25) is 4.99 Å². The topological polar surface area (TPSA) is 33.6 Å². The van der Waals surface area contributed by atoms with Crippen molar-refractivity contribution in [2.75, 3.05) is 19.8 Å². The van der Waals surface area contributed by atoms with Crippen LogP contribution in [0.25, 0.3) is 0 Å². The van der Waals surface area contributed by atoms with Gasteiger partial charge in [0.1, 0.15) is 18.0 Å². The van der Waals surface area contributed by atoms with Crippen LogP contribution in [0.5, 0.6) is 0 Å². The van der Waals surface area contributed by atoms with Crippen molar-refractivity contribution in [3.05, 3.63) is 71.8 Å². The summed E-state index contributed by atoms with van der Waals surface area (Å²) < 4.78 is 5.49. The zero-order valence-electron chi connectivity index (χ0n) is 12.3. The van der Waals surface area contributed by atoms with Crippen LogP contribution < -0.4 is 5.32 Å². The van der Waals surface area contributed by atoms with E-state index in [-0.39, 0.29) is 5.54 Å². The summed E-state index contributed by atoms with van der Waals surface area (Å²) in [5, 5.41) is 3.60. The molecule has 0 aromatic heterocycles. The average Bonchev–Trinajstić information content (AvgIpc) is 3.00. The Hall–Kier alpha value is -2.13. The van der Waals surface area contributed by atoms with Crippen molar-refractivity contribution in [3.63, 3.8) is 0 Å². The van der Waals surface area contributed by atoms with E-state index >= 15 is 0 Å². The van der Waals surface area contributed by atoms with Crippen LogP contribution in [0.1, 0.15) is 18.1 Å². The maximum absolute atomic E-state index is 5.49. The molecule has 0 saturated heterocycles. The first-order valence-electron chi connectivity index (χ1n) is 7.35. The van der Waals surface area contributed by atoms with Crippen molar-refractivity contribution in [3.8, 4) is 0 Å². The van der Waals surface area contributed by atoms with Crippen LogP contribution in [0, 0.1) is 0 Å². The number of hydrogen-bond acceptors (Lipinski definition) is 3. The van der Waals surface area contributed by atoms with Gasteiger partial charge in [-0.1, -0.05) is 60.7 Å². The van der Waals surface area contributed by atoms with Crippen molar-refractivity contribution in [2.45, 2.75) is 12.5 Å². The Bertz CT molecular complexity index is 568. The van der Waals surface area contributed by atoms with E-state index in [1.165, 1.54) is 11.1 Å². The summed E-state index contributed by atoms with van der Waals surface area (Å²) in [6, 6.07) is 21.0. The molecule has 3 rings (SSSR count). The minimum absolute atomic E-state index is 0.283. The second-order valence-corrected chi connectivity index (χ2v) is 5.16. The lowest BCUT2D eigenvalue weighted by Gasteiger charge is -2.31. The predicted molar refractivity (Wildman–Crippen MR) is 85.6 cm³/mol. The van der Waals surface area contributed by atoms with E-state index in [9.17, 15) is 0 Å². The fraction of sp³-hybridized carbons (Fsp3) is 0.278. The molecule has 0 radical (unpaired) electrons. The molecule has 1 aliphatic rings. The van der Waals surface area contributed by atoms with Crippen LogP contribution in [0.3, 0.4) is 0 Å². The van der Waals surface area contributed by atoms with Gasteiger partial charge in [0, 0.05) is 6.61 Å². The largest absolute Gasteiger partial charge is 0.374 e. The third-order valence-corrected chi connectivity index (χ3v) is 3.84. The Morgan fingerprint density at radius 2 is 1.57 bits per heavy atom. The average molecular weight is 280 g/mol. The molecule has 0 fully saturated rings. The Balaban J connectivity index is 1.95. The molecule has 0 atom stereocenters. The zero-order valence-corrected chi connectivity index (χ0v) is 12.3. The van der Waals surface area contributed by atoms with E-state index in [0.29, 0.717) is 19.8 Å². The second-order valence-electron chi connectivity index (χ2n) is 5.16. The Morgan fingerprint density at radius 1 is 1.00 bits per heavy atom. The van der Waals surface area contributed by atoms with E-state index in [4.69, 9.17) is 4.74 Å². The molecule has 1 N–H and O–H groups in total. The summed E-state index contributed by atoms with van der Waals surface area (Å²) in [5.41, 5.74) is 2.17. The first-order chi connectivity index (χ1) is 10.3. The SMILES string of the molecule is CCOCC1=NCC(c2ccccc2)(c2ccccc2)N1. The highest BCUT2D eigenvalue weighted by Gasteiger charge is 2.38. The summed E-state index contributed by atoms with van der Waals surface area (Å²) >= 11 is 0. The number of rotatable bonds is 5. The highest BCUT2D eigenvalue weighted by atomic mass is 16.5. The predicted octanol–water partition coefficient (Wildman–Crippen LogP) is 2.97. The first kappa shape index (κ1) is 13.8. The molecule has 3 heteroatoms. The number of ether oxygens (including phenoxy) is 1. The number of hydrogen-bond donors (Lipinski definition) is 1. The lowest BCUT2D eigenvalue weighted by Crippen LogP contribution is -2.45. The normalized spacial score (nSPS) is 16.3. The standard InChI is InChI=1S/C18H20N2O/c1-2-21-13-17-19-14-18(20-17,15-9-5-3-6-10-15)16-11-7-4-8-12-16/h3-12H,2,13-14H2,1H3,(H,19,20). The number of nitrogens with one attached hydrogen (secondary N) is 1. The molecule has 0 bridgehead atoms. The highest BCUT2D eigenvalue weighted by molar-refractivity contribution is 5.87. The zero-order chi connectivity index (χ0) is 14.5. The Labute approximate surface area is 125 Å². The van der Waals surface area contributed by atoms with E-state index in [1.807, 2.05) is 19.1 Å². The second kappa shape index (κ2) is 6.10. The van der Waals surface area contributed by atoms with Crippen molar-refractivity contribution >= 4 is 5.84 Å². The molecule has 3 nitrogen and oxygen atoms in total. The van der Waals surface area contributed by atoms with Crippen LogP contribution in [-0.2, 0) is 10.3 Å². The molecule has 2 aromatic rings. The van der Waals surface area contributed by atoms with Gasteiger partial charge in [-0.2, -0.15) is 0 Å². The van der Waals surface area contributed by atoms with Crippen LogP contribution in [0.2, 0.25) is 0 Å². The van der Waals surface area contributed by atoms with Crippen LogP contribution in [-0.4, -0.2) is 25.6 Å². The summed E-state index contributed by atoms with van der Waals surface area (Å²) in [4.78, 5) is 4.66. The van der Waals surface area contributed by atoms with Crippen LogP contribution in [0.15, 0.2) is 65.7 Å². The summed E-state index contributed by atoms with van der Waals surface area (Å²) in [5.74, 6) is 0.921. The quantitative estimate of drug-likeness (QED) is 0.913. The summed E-state index contributed by atoms with van der Waals surface area (Å²) in [6.45, 7) is 3.93. The van der Waals surface area contributed by atoms with Crippen molar-refractivity contribution in [2.24, 2.45) is 4.99 Å². The minimum atomic E-state index is -0.283. The molecule has 0 spiro atoms. The van der Waals surface area contributed by atoms with Crippen LogP contribution >= 0.6 is 0 Å². The minimum Gasteiger partial charge on any atom is -0.374 e. The molecule has 1 aliphatic heterocycles. The number of benzene rings is 2. The number of aliphatic imine (C=N–C) groups is 1. The van der Waals surface area contributed by atoms with E-state index < -0.39 is 0 Å².